The van der Waals surface area contributed by atoms with Crippen molar-refractivity contribution in [2.24, 2.45) is 0 Å². The quantitative estimate of drug-likeness (QED) is 0.514. The molecule has 0 saturated carbocycles. The Balaban J connectivity index is 1.85. The zero-order chi connectivity index (χ0) is 18.4. The molecule has 0 spiro atoms. The predicted molar refractivity (Wildman–Crippen MR) is 112 cm³/mol. The Morgan fingerprint density at radius 1 is 1.28 bits per heavy atom. The van der Waals surface area contributed by atoms with Gasteiger partial charge in [0.2, 0.25) is 0 Å². The molecule has 0 aromatic heterocycles. The fourth-order valence-electron chi connectivity index (χ4n) is 2.95. The van der Waals surface area contributed by atoms with Crippen molar-refractivity contribution in [2.75, 3.05) is 6.54 Å². The van der Waals surface area contributed by atoms with E-state index in [1.807, 2.05) is 18.2 Å². The largest absolute Gasteiger partial charge is 0.362 e. The Kier molecular flexibility index (Phi) is 7.20. The zero-order valence-corrected chi connectivity index (χ0v) is 17.6. The summed E-state index contributed by atoms with van der Waals surface area (Å²) in [7, 11) is 0. The van der Waals surface area contributed by atoms with Gasteiger partial charge in [-0.05, 0) is 67.4 Å². The van der Waals surface area contributed by atoms with Crippen LogP contribution in [0.1, 0.15) is 68.8 Å². The van der Waals surface area contributed by atoms with Crippen LogP contribution in [0.25, 0.3) is 0 Å². The molecule has 1 aliphatic rings. The van der Waals surface area contributed by atoms with Crippen molar-refractivity contribution in [3.05, 3.63) is 45.4 Å². The van der Waals surface area contributed by atoms with E-state index in [1.165, 1.54) is 36.8 Å². The average molecular weight is 423 g/mol. The predicted octanol–water partition coefficient (Wildman–Crippen LogP) is 5.24. The molecule has 3 nitrogen and oxygen atoms in total. The number of carbonyl (C=O) groups is 1. The molecule has 136 valence electrons. The Morgan fingerprint density at radius 3 is 2.64 bits per heavy atom. The number of halogens is 1. The molecule has 2 rings (SSSR count). The zero-order valence-electron chi connectivity index (χ0n) is 15.2. The summed E-state index contributed by atoms with van der Waals surface area (Å²) >= 11 is 8.81. The highest BCUT2D eigenvalue weighted by molar-refractivity contribution is 9.10. The lowest BCUT2D eigenvalue weighted by molar-refractivity contribution is 0.0976. The van der Waals surface area contributed by atoms with Crippen molar-refractivity contribution in [1.82, 2.24) is 10.6 Å². The van der Waals surface area contributed by atoms with Crippen LogP contribution in [0.3, 0.4) is 0 Å². The van der Waals surface area contributed by atoms with Crippen LogP contribution in [0.5, 0.6) is 0 Å². The molecule has 5 heteroatoms. The number of benzene rings is 1. The maximum atomic E-state index is 12.4. The second kappa shape index (κ2) is 8.95. The van der Waals surface area contributed by atoms with Gasteiger partial charge >= 0.3 is 0 Å². The minimum absolute atomic E-state index is 0.0263. The number of carbonyl (C=O) groups excluding carboxylic acids is 1. The first-order chi connectivity index (χ1) is 11.8. The van der Waals surface area contributed by atoms with Crippen LogP contribution in [-0.2, 0) is 5.41 Å². The minimum atomic E-state index is -0.185. The van der Waals surface area contributed by atoms with Crippen LogP contribution >= 0.6 is 28.1 Å². The van der Waals surface area contributed by atoms with E-state index in [2.05, 4.69) is 53.4 Å². The number of rotatable bonds is 4. The summed E-state index contributed by atoms with van der Waals surface area (Å²) < 4.78 is 0.941. The standard InChI is InChI=1S/C20H27BrN2OS/c1-20(2,3)16-10-9-15(13-17(16)21)18(24)23-19(25)22-12-11-14-7-5-4-6-8-14/h7,9-10,13H,4-6,8,11-12H2,1-3H3,(H2,22,23,24,25). The molecule has 1 aromatic rings. The lowest BCUT2D eigenvalue weighted by atomic mass is 9.86. The van der Waals surface area contributed by atoms with Crippen LogP contribution < -0.4 is 10.6 Å². The van der Waals surface area contributed by atoms with Crippen molar-refractivity contribution in [3.63, 3.8) is 0 Å². The van der Waals surface area contributed by atoms with Crippen molar-refractivity contribution < 1.29 is 4.79 Å². The number of amides is 1. The third kappa shape index (κ3) is 6.23. The Morgan fingerprint density at radius 2 is 2.04 bits per heavy atom. The van der Waals surface area contributed by atoms with Gasteiger partial charge < -0.3 is 5.32 Å². The first-order valence-electron chi connectivity index (χ1n) is 8.84. The summed E-state index contributed by atoms with van der Waals surface area (Å²) in [6, 6.07) is 5.69. The van der Waals surface area contributed by atoms with Crippen LogP contribution in [0.2, 0.25) is 0 Å². The number of allylic oxidation sites excluding steroid dienone is 1. The van der Waals surface area contributed by atoms with E-state index in [0.717, 1.165) is 17.4 Å². The van der Waals surface area contributed by atoms with Crippen molar-refractivity contribution in [2.45, 2.75) is 58.3 Å². The average Bonchev–Trinajstić information content (AvgIpc) is 2.54. The summed E-state index contributed by atoms with van der Waals surface area (Å²) in [5, 5.41) is 6.27. The lowest BCUT2D eigenvalue weighted by Crippen LogP contribution is -2.39. The summed E-state index contributed by atoms with van der Waals surface area (Å²) in [6.45, 7) is 7.20. The van der Waals surface area contributed by atoms with Gasteiger partial charge in [-0.3, -0.25) is 10.1 Å². The second-order valence-electron chi connectivity index (χ2n) is 7.51. The lowest BCUT2D eigenvalue weighted by Gasteiger charge is -2.21. The number of hydrogen-bond donors (Lipinski definition) is 2. The molecule has 0 bridgehead atoms. The van der Waals surface area contributed by atoms with Crippen molar-refractivity contribution >= 4 is 39.2 Å². The monoisotopic (exact) mass is 422 g/mol. The molecule has 0 heterocycles. The molecule has 2 N–H and O–H groups in total. The Bertz CT molecular complexity index is 677. The normalized spacial score (nSPS) is 14.6. The third-order valence-electron chi connectivity index (χ3n) is 4.38. The molecule has 0 saturated heterocycles. The summed E-state index contributed by atoms with van der Waals surface area (Å²) in [5.74, 6) is -0.185. The minimum Gasteiger partial charge on any atom is -0.362 e. The maximum absolute atomic E-state index is 12.4. The topological polar surface area (TPSA) is 41.1 Å². The molecule has 25 heavy (non-hydrogen) atoms. The molecular weight excluding hydrogens is 396 g/mol. The van der Waals surface area contributed by atoms with Gasteiger partial charge in [-0.15, -0.1) is 0 Å². The first-order valence-corrected chi connectivity index (χ1v) is 10.0. The first kappa shape index (κ1) is 20.1. The van der Waals surface area contributed by atoms with Crippen LogP contribution in [0.4, 0.5) is 0 Å². The molecule has 0 unspecified atom stereocenters. The highest BCUT2D eigenvalue weighted by Crippen LogP contribution is 2.30. The van der Waals surface area contributed by atoms with E-state index >= 15 is 0 Å². The van der Waals surface area contributed by atoms with Crippen LogP contribution in [0, 0.1) is 0 Å². The van der Waals surface area contributed by atoms with Gasteiger partial charge in [0, 0.05) is 16.6 Å². The molecular formula is C20H27BrN2OS. The van der Waals surface area contributed by atoms with E-state index in [9.17, 15) is 4.79 Å². The summed E-state index contributed by atoms with van der Waals surface area (Å²) in [5.41, 5.74) is 3.29. The van der Waals surface area contributed by atoms with E-state index in [0.29, 0.717) is 10.7 Å². The molecule has 0 aliphatic heterocycles. The highest BCUT2D eigenvalue weighted by atomic mass is 79.9. The van der Waals surface area contributed by atoms with Crippen molar-refractivity contribution in [3.8, 4) is 0 Å². The third-order valence-corrected chi connectivity index (χ3v) is 5.29. The van der Waals surface area contributed by atoms with Gasteiger partial charge in [-0.1, -0.05) is 54.4 Å². The van der Waals surface area contributed by atoms with Crippen LogP contribution in [0.15, 0.2) is 34.3 Å². The summed E-state index contributed by atoms with van der Waals surface area (Å²) in [6.07, 6.45) is 8.29. The van der Waals surface area contributed by atoms with E-state index in [4.69, 9.17) is 12.2 Å². The molecule has 0 atom stereocenters. The van der Waals surface area contributed by atoms with Gasteiger partial charge in [0.25, 0.3) is 5.91 Å². The van der Waals surface area contributed by atoms with E-state index < -0.39 is 0 Å². The van der Waals surface area contributed by atoms with Gasteiger partial charge in [0.05, 0.1) is 0 Å². The fourth-order valence-corrected chi connectivity index (χ4v) is 4.12. The van der Waals surface area contributed by atoms with E-state index in [-0.39, 0.29) is 11.3 Å². The van der Waals surface area contributed by atoms with Gasteiger partial charge in [0.1, 0.15) is 0 Å². The Hall–Kier alpha value is -1.20. The molecule has 0 fully saturated rings. The van der Waals surface area contributed by atoms with Gasteiger partial charge in [-0.25, -0.2) is 0 Å². The van der Waals surface area contributed by atoms with Gasteiger partial charge in [-0.2, -0.15) is 0 Å². The molecule has 1 aliphatic carbocycles. The smallest absolute Gasteiger partial charge is 0.257 e. The highest BCUT2D eigenvalue weighted by Gasteiger charge is 2.18. The molecule has 0 radical (unpaired) electrons. The SMILES string of the molecule is CC(C)(C)c1ccc(C(=O)NC(=S)NCCC2=CCCCC2)cc1Br. The number of thiocarbonyl (C=S) groups is 1. The van der Waals surface area contributed by atoms with E-state index in [1.54, 1.807) is 0 Å². The van der Waals surface area contributed by atoms with Gasteiger partial charge in [0.15, 0.2) is 5.11 Å². The fraction of sp³-hybridized carbons (Fsp3) is 0.500. The Labute approximate surface area is 164 Å². The van der Waals surface area contributed by atoms with Crippen molar-refractivity contribution in [1.29, 1.82) is 0 Å². The molecule has 1 amide bonds. The maximum Gasteiger partial charge on any atom is 0.257 e. The van der Waals surface area contributed by atoms with Crippen LogP contribution in [-0.4, -0.2) is 17.6 Å². The number of nitrogens with one attached hydrogen (secondary N) is 2. The molecule has 1 aromatic carbocycles. The number of hydrogen-bond acceptors (Lipinski definition) is 2. The second-order valence-corrected chi connectivity index (χ2v) is 8.78. The summed E-state index contributed by atoms with van der Waals surface area (Å²) in [4.78, 5) is 12.4.